The van der Waals surface area contributed by atoms with Crippen LogP contribution in [-0.2, 0) is 11.2 Å². The second kappa shape index (κ2) is 11.5. The van der Waals surface area contributed by atoms with E-state index in [0.29, 0.717) is 6.61 Å². The molecule has 0 radical (unpaired) electrons. The molecule has 2 rings (SSSR count). The lowest BCUT2D eigenvalue weighted by molar-refractivity contribution is 0.155. The Labute approximate surface area is 150 Å². The smallest absolute Gasteiger partial charge is 0.411 e. The van der Waals surface area contributed by atoms with E-state index in [1.54, 1.807) is 0 Å². The molecule has 130 valence electrons. The summed E-state index contributed by atoms with van der Waals surface area (Å²) in [4.78, 5) is 13.9. The highest BCUT2D eigenvalue weighted by Gasteiger charge is 2.03. The molecule has 0 aliphatic carbocycles. The summed E-state index contributed by atoms with van der Waals surface area (Å²) in [6.45, 7) is 2.33. The highest BCUT2D eigenvalue weighted by Crippen LogP contribution is 2.05. The third-order valence-corrected chi connectivity index (χ3v) is 3.56. The highest BCUT2D eigenvalue weighted by atomic mass is 35.5. The van der Waals surface area contributed by atoms with Gasteiger partial charge < -0.3 is 9.64 Å². The second-order valence-electron chi connectivity index (χ2n) is 5.52. The van der Waals surface area contributed by atoms with Gasteiger partial charge in [-0.25, -0.2) is 4.79 Å². The Hall–Kier alpha value is -2.04. The molecule has 0 fully saturated rings. The Morgan fingerprint density at radius 3 is 2.29 bits per heavy atom. The first kappa shape index (κ1) is 20.0. The molecule has 0 aliphatic heterocycles. The molecule has 4 nitrogen and oxygen atoms in total. The van der Waals surface area contributed by atoms with E-state index >= 15 is 0 Å². The van der Waals surface area contributed by atoms with Gasteiger partial charge in [0, 0.05) is 18.8 Å². The van der Waals surface area contributed by atoms with Crippen LogP contribution in [0.3, 0.4) is 0 Å². The number of likely N-dealkylation sites (N-methyl/N-ethyl adjacent to an activating group) is 1. The molecule has 1 amide bonds. The van der Waals surface area contributed by atoms with Crippen molar-refractivity contribution < 1.29 is 9.53 Å². The number of nitrogens with zero attached hydrogens (tertiary/aromatic N) is 1. The lowest BCUT2D eigenvalue weighted by Gasteiger charge is -2.16. The van der Waals surface area contributed by atoms with Crippen LogP contribution in [-0.4, -0.2) is 37.7 Å². The Morgan fingerprint density at radius 2 is 1.62 bits per heavy atom. The van der Waals surface area contributed by atoms with Crippen molar-refractivity contribution in [1.82, 2.24) is 4.90 Å². The van der Waals surface area contributed by atoms with Gasteiger partial charge in [-0.05, 0) is 37.6 Å². The summed E-state index contributed by atoms with van der Waals surface area (Å²) < 4.78 is 5.18. The maximum Gasteiger partial charge on any atom is 0.411 e. The number of hydrogen-bond acceptors (Lipinski definition) is 3. The van der Waals surface area contributed by atoms with Gasteiger partial charge in [0.05, 0.1) is 6.61 Å². The second-order valence-corrected chi connectivity index (χ2v) is 5.52. The van der Waals surface area contributed by atoms with E-state index in [0.717, 1.165) is 31.6 Å². The van der Waals surface area contributed by atoms with Crippen molar-refractivity contribution in [3.05, 3.63) is 66.2 Å². The molecular formula is C19H25ClN2O2. The topological polar surface area (TPSA) is 41.6 Å². The van der Waals surface area contributed by atoms with Crippen molar-refractivity contribution in [3.63, 3.8) is 0 Å². The average molecular weight is 349 g/mol. The van der Waals surface area contributed by atoms with Crippen LogP contribution in [0.25, 0.3) is 0 Å². The molecule has 0 aliphatic rings. The van der Waals surface area contributed by atoms with Gasteiger partial charge in [-0.1, -0.05) is 48.5 Å². The van der Waals surface area contributed by atoms with Crippen LogP contribution in [0.15, 0.2) is 60.7 Å². The third kappa shape index (κ3) is 7.99. The molecule has 2 aromatic carbocycles. The summed E-state index contributed by atoms with van der Waals surface area (Å²) in [5.74, 6) is 0. The van der Waals surface area contributed by atoms with Crippen molar-refractivity contribution in [1.29, 1.82) is 0 Å². The molecule has 24 heavy (non-hydrogen) atoms. The number of para-hydroxylation sites is 1. The minimum absolute atomic E-state index is 0. The summed E-state index contributed by atoms with van der Waals surface area (Å²) >= 11 is 0. The number of benzene rings is 2. The van der Waals surface area contributed by atoms with E-state index in [1.165, 1.54) is 5.56 Å². The number of hydrogen-bond donors (Lipinski definition) is 1. The fourth-order valence-electron chi connectivity index (χ4n) is 2.25. The average Bonchev–Trinajstić information content (AvgIpc) is 2.59. The minimum atomic E-state index is -0.400. The largest absolute Gasteiger partial charge is 0.449 e. The van der Waals surface area contributed by atoms with Crippen molar-refractivity contribution in [3.8, 4) is 0 Å². The number of ether oxygens (including phenoxy) is 1. The van der Waals surface area contributed by atoms with E-state index in [9.17, 15) is 4.79 Å². The van der Waals surface area contributed by atoms with Crippen molar-refractivity contribution in [2.45, 2.75) is 12.8 Å². The minimum Gasteiger partial charge on any atom is -0.449 e. The third-order valence-electron chi connectivity index (χ3n) is 3.56. The molecule has 0 atom stereocenters. The van der Waals surface area contributed by atoms with E-state index in [-0.39, 0.29) is 12.4 Å². The van der Waals surface area contributed by atoms with Crippen LogP contribution in [0.5, 0.6) is 0 Å². The molecule has 1 N–H and O–H groups in total. The first-order valence-electron chi connectivity index (χ1n) is 7.95. The zero-order valence-electron chi connectivity index (χ0n) is 14.0. The molecule has 2 aromatic rings. The maximum atomic E-state index is 11.6. The van der Waals surface area contributed by atoms with E-state index in [2.05, 4.69) is 41.5 Å². The molecule has 0 aromatic heterocycles. The predicted octanol–water partition coefficient (Wildman–Crippen LogP) is 4.22. The van der Waals surface area contributed by atoms with E-state index < -0.39 is 6.09 Å². The summed E-state index contributed by atoms with van der Waals surface area (Å²) in [5, 5.41) is 2.70. The molecular weight excluding hydrogens is 324 g/mol. The van der Waals surface area contributed by atoms with Crippen molar-refractivity contribution >= 4 is 24.2 Å². The monoisotopic (exact) mass is 348 g/mol. The number of nitrogens with one attached hydrogen (secondary N) is 1. The summed E-state index contributed by atoms with van der Waals surface area (Å²) in [6.07, 6.45) is 1.46. The van der Waals surface area contributed by atoms with Gasteiger partial charge >= 0.3 is 6.09 Å². The number of amides is 1. The summed E-state index contributed by atoms with van der Waals surface area (Å²) in [6, 6.07) is 19.8. The molecule has 0 unspecified atom stereocenters. The fraction of sp³-hybridized carbons (Fsp3) is 0.316. The molecule has 5 heteroatoms. The van der Waals surface area contributed by atoms with Crippen LogP contribution in [0.2, 0.25) is 0 Å². The number of carbonyl (C=O) groups excluding carboxylic acids is 1. The van der Waals surface area contributed by atoms with Gasteiger partial charge in [0.1, 0.15) is 0 Å². The molecule has 0 saturated heterocycles. The van der Waals surface area contributed by atoms with Gasteiger partial charge in [-0.15, -0.1) is 12.4 Å². The molecule has 0 saturated carbocycles. The quantitative estimate of drug-likeness (QED) is 0.726. The zero-order chi connectivity index (χ0) is 16.3. The Kier molecular flexibility index (Phi) is 9.58. The zero-order valence-corrected chi connectivity index (χ0v) is 14.8. The normalized spacial score (nSPS) is 10.1. The lowest BCUT2D eigenvalue weighted by atomic mass is 10.1. The number of carbonyl (C=O) groups is 1. The van der Waals surface area contributed by atoms with Gasteiger partial charge in [0.15, 0.2) is 0 Å². The Morgan fingerprint density at radius 1 is 1.00 bits per heavy atom. The van der Waals surface area contributed by atoms with Crippen molar-refractivity contribution in [2.75, 3.05) is 32.1 Å². The van der Waals surface area contributed by atoms with E-state index in [1.807, 2.05) is 36.4 Å². The van der Waals surface area contributed by atoms with E-state index in [4.69, 9.17) is 4.74 Å². The summed E-state index contributed by atoms with van der Waals surface area (Å²) in [5.41, 5.74) is 2.09. The first-order chi connectivity index (χ1) is 11.2. The predicted molar refractivity (Wildman–Crippen MR) is 101 cm³/mol. The lowest BCUT2D eigenvalue weighted by Crippen LogP contribution is -2.24. The van der Waals surface area contributed by atoms with Gasteiger partial charge in [-0.2, -0.15) is 0 Å². The fourth-order valence-corrected chi connectivity index (χ4v) is 2.25. The van der Waals surface area contributed by atoms with Gasteiger partial charge in [-0.3, -0.25) is 5.32 Å². The van der Waals surface area contributed by atoms with Crippen LogP contribution in [0.4, 0.5) is 10.5 Å². The van der Waals surface area contributed by atoms with Crippen LogP contribution >= 0.6 is 12.4 Å². The molecule has 0 heterocycles. The Bertz CT molecular complexity index is 578. The maximum absolute atomic E-state index is 11.6. The Balaban J connectivity index is 0.00000288. The highest BCUT2D eigenvalue weighted by molar-refractivity contribution is 5.85. The first-order valence-corrected chi connectivity index (χ1v) is 7.95. The van der Waals surface area contributed by atoms with Gasteiger partial charge in [0.25, 0.3) is 0 Å². The standard InChI is InChI=1S/C19H24N2O2.ClH/c1-21(15-13-17-9-4-2-5-10-17)14-8-16-23-19(22)20-18-11-6-3-7-12-18;/h2-7,9-12H,8,13-16H2,1H3,(H,20,22);1H. The molecule has 0 spiro atoms. The number of rotatable bonds is 8. The van der Waals surface area contributed by atoms with Gasteiger partial charge in [0.2, 0.25) is 0 Å². The summed E-state index contributed by atoms with van der Waals surface area (Å²) in [7, 11) is 2.09. The van der Waals surface area contributed by atoms with Crippen molar-refractivity contribution in [2.24, 2.45) is 0 Å². The molecule has 0 bridgehead atoms. The van der Waals surface area contributed by atoms with Crippen LogP contribution in [0, 0.1) is 0 Å². The SMILES string of the molecule is CN(CCCOC(=O)Nc1ccccc1)CCc1ccccc1.Cl. The number of anilines is 1. The number of halogens is 1. The van der Waals surface area contributed by atoms with Crippen LogP contribution in [0.1, 0.15) is 12.0 Å². The van der Waals surface area contributed by atoms with Crippen LogP contribution < -0.4 is 5.32 Å².